The number of pyridine rings is 4. The number of halogens is 5. The van der Waals surface area contributed by atoms with Crippen LogP contribution in [0.5, 0.6) is 0 Å². The number of carbonyl (C=O) groups is 2. The molecule has 0 saturated carbocycles. The molecule has 0 unspecified atom stereocenters. The van der Waals surface area contributed by atoms with Gasteiger partial charge in [-0.1, -0.05) is 23.7 Å². The Morgan fingerprint density at radius 1 is 0.653 bits per heavy atom. The Labute approximate surface area is 432 Å². The maximum Gasteiger partial charge on any atom is 0.343 e. The number of nitrogens with two attached hydrogens (primary N) is 1. The first-order valence-electron chi connectivity index (χ1n) is 23.6. The fourth-order valence-corrected chi connectivity index (χ4v) is 8.23. The molecule has 0 amide bonds. The minimum atomic E-state index is -0.805. The minimum absolute atomic E-state index is 0.0555. The lowest BCUT2D eigenvalue weighted by atomic mass is 10.0. The summed E-state index contributed by atoms with van der Waals surface area (Å²) in [7, 11) is 0. The number of nitrogen functional groups attached to an aromatic ring is 1. The van der Waals surface area contributed by atoms with E-state index in [0.717, 1.165) is 37.4 Å². The molecule has 0 atom stereocenters. The van der Waals surface area contributed by atoms with E-state index in [0.29, 0.717) is 91.9 Å². The Hall–Kier alpha value is -8.21. The van der Waals surface area contributed by atoms with Crippen LogP contribution in [0.25, 0.3) is 44.6 Å². The van der Waals surface area contributed by atoms with Gasteiger partial charge in [-0.25, -0.2) is 47.1 Å². The van der Waals surface area contributed by atoms with Crippen molar-refractivity contribution in [1.82, 2.24) is 39.9 Å². The summed E-state index contributed by atoms with van der Waals surface area (Å²) in [5.74, 6) is -2.93. The van der Waals surface area contributed by atoms with Crippen molar-refractivity contribution in [3.05, 3.63) is 136 Å². The van der Waals surface area contributed by atoms with E-state index in [1.54, 1.807) is 70.4 Å². The molecule has 2 aromatic carbocycles. The van der Waals surface area contributed by atoms with Crippen LogP contribution in [0.15, 0.2) is 85.5 Å². The summed E-state index contributed by atoms with van der Waals surface area (Å²) < 4.78 is 77.3. The molecular weight excluding hydrogens is 1000 g/mol. The monoisotopic (exact) mass is 1050 g/mol. The summed E-state index contributed by atoms with van der Waals surface area (Å²) in [5, 5.41) is 3.55. The topological polar surface area (TPSA) is 219 Å². The van der Waals surface area contributed by atoms with Crippen LogP contribution in [-0.4, -0.2) is 118 Å². The third-order valence-electron chi connectivity index (χ3n) is 11.6. The SMILES string of the molecule is CCOC(=O)c1cnc(N2CCOCC2)nc1N.CCOC(=O)c1cnc(N2CCOCC2)nc1Nc1c(C)c(-c2ccccn2)nc2cc(F)cc(F)c12.Cc1c(-c2ccccn2)nc2cc(F)cc(F)c2c1Cl. The van der Waals surface area contributed by atoms with Crippen molar-refractivity contribution < 1.29 is 46.1 Å². The van der Waals surface area contributed by atoms with Gasteiger partial charge in [0.1, 0.15) is 40.2 Å². The number of fused-ring (bicyclic) bond motifs is 2. The molecule has 2 fully saturated rings. The van der Waals surface area contributed by atoms with Crippen LogP contribution in [0.3, 0.4) is 0 Å². The lowest BCUT2D eigenvalue weighted by Crippen LogP contribution is -2.37. The molecule has 10 rings (SSSR count). The van der Waals surface area contributed by atoms with Gasteiger partial charge in [-0.15, -0.1) is 0 Å². The third-order valence-corrected chi connectivity index (χ3v) is 12.1. The standard InChI is InChI=1S/C26H24F2N6O3.C15H9ClF2N2.C11H16N4O3/c1-3-37-25(35)17-14-30-26(34-8-10-36-11-9-34)33-24(17)32-23-15(2)22(19-6-4-5-7-29-19)31-20-13-16(27)12-18(28)21(20)23;1-8-14(16)13-10(18)6-9(17)7-12(13)20-15(8)11-4-2-3-5-19-11;1-2-18-10(16)8-7-13-11(14-9(8)12)15-3-5-17-6-4-15/h4-7,12-14H,3,8-11H2,1-2H3,(H,30,31,32,33);2-7H,1H3;7H,2-6H2,1H3,(H2,12,13,14). The molecule has 2 aliphatic heterocycles. The Bertz CT molecular complexity index is 3360. The average Bonchev–Trinajstić information content (AvgIpc) is 3.41. The number of rotatable bonds is 10. The molecule has 8 heterocycles. The molecule has 0 aliphatic carbocycles. The molecule has 2 aliphatic rings. The van der Waals surface area contributed by atoms with Crippen molar-refractivity contribution in [3.63, 3.8) is 0 Å². The molecule has 2 saturated heterocycles. The van der Waals surface area contributed by atoms with Gasteiger partial charge in [-0.3, -0.25) is 9.97 Å². The van der Waals surface area contributed by atoms with Gasteiger partial charge in [0.25, 0.3) is 0 Å². The highest BCUT2D eigenvalue weighted by molar-refractivity contribution is 6.36. The summed E-state index contributed by atoms with van der Waals surface area (Å²) in [6.07, 6.45) is 6.02. The van der Waals surface area contributed by atoms with Crippen molar-refractivity contribution in [2.45, 2.75) is 27.7 Å². The number of nitrogens with one attached hydrogen (secondary N) is 1. The van der Waals surface area contributed by atoms with Crippen LogP contribution >= 0.6 is 11.6 Å². The van der Waals surface area contributed by atoms with Gasteiger partial charge in [0.05, 0.1) is 94.9 Å². The number of morpholine rings is 2. The van der Waals surface area contributed by atoms with E-state index in [4.69, 9.17) is 36.3 Å². The van der Waals surface area contributed by atoms with Crippen molar-refractivity contribution >= 4 is 74.6 Å². The molecule has 8 aromatic rings. The van der Waals surface area contributed by atoms with Crippen LogP contribution in [0.2, 0.25) is 5.02 Å². The van der Waals surface area contributed by atoms with Gasteiger partial charge in [-0.2, -0.15) is 9.97 Å². The maximum atomic E-state index is 15.2. The molecule has 6 aromatic heterocycles. The number of nitrogens with zero attached hydrogens (tertiary/aromatic N) is 10. The Morgan fingerprint density at radius 3 is 1.64 bits per heavy atom. The fourth-order valence-electron chi connectivity index (χ4n) is 7.96. The van der Waals surface area contributed by atoms with E-state index in [9.17, 15) is 22.8 Å². The zero-order valence-corrected chi connectivity index (χ0v) is 41.8. The second kappa shape index (κ2) is 24.2. The second-order valence-electron chi connectivity index (χ2n) is 16.5. The highest BCUT2D eigenvalue weighted by atomic mass is 35.5. The largest absolute Gasteiger partial charge is 0.462 e. The predicted octanol–water partition coefficient (Wildman–Crippen LogP) is 9.04. The lowest BCUT2D eigenvalue weighted by Gasteiger charge is -2.27. The van der Waals surface area contributed by atoms with E-state index in [1.807, 2.05) is 15.9 Å². The first-order valence-corrected chi connectivity index (χ1v) is 24.0. The van der Waals surface area contributed by atoms with Crippen LogP contribution < -0.4 is 20.9 Å². The van der Waals surface area contributed by atoms with E-state index in [1.165, 1.54) is 12.4 Å². The normalized spacial score (nSPS) is 13.3. The van der Waals surface area contributed by atoms with Gasteiger partial charge in [0.2, 0.25) is 11.9 Å². The number of ether oxygens (including phenoxy) is 4. The molecule has 23 heteroatoms. The van der Waals surface area contributed by atoms with Gasteiger partial charge in [0.15, 0.2) is 5.82 Å². The summed E-state index contributed by atoms with van der Waals surface area (Å²) in [5.41, 5.74) is 9.81. The lowest BCUT2D eigenvalue weighted by molar-refractivity contribution is 0.0517. The van der Waals surface area contributed by atoms with Gasteiger partial charge in [-0.05, 0) is 57.5 Å². The molecular formula is C52H49ClF4N12O6. The predicted molar refractivity (Wildman–Crippen MR) is 274 cm³/mol. The number of esters is 2. The van der Waals surface area contributed by atoms with Gasteiger partial charge in [0, 0.05) is 80.8 Å². The van der Waals surface area contributed by atoms with Crippen molar-refractivity contribution in [1.29, 1.82) is 0 Å². The highest BCUT2D eigenvalue weighted by Crippen LogP contribution is 2.38. The summed E-state index contributed by atoms with van der Waals surface area (Å²) in [6.45, 7) is 12.3. The number of carbonyl (C=O) groups excluding carboxylic acids is 2. The summed E-state index contributed by atoms with van der Waals surface area (Å²) >= 11 is 6.21. The van der Waals surface area contributed by atoms with Gasteiger partial charge >= 0.3 is 11.9 Å². The van der Waals surface area contributed by atoms with E-state index in [2.05, 4.69) is 45.2 Å². The quantitative estimate of drug-likeness (QED) is 0.0964. The molecule has 75 heavy (non-hydrogen) atoms. The first kappa shape index (κ1) is 53.1. The Morgan fingerprint density at radius 2 is 1.13 bits per heavy atom. The first-order chi connectivity index (χ1) is 36.3. The van der Waals surface area contributed by atoms with Crippen molar-refractivity contribution in [2.75, 3.05) is 86.7 Å². The van der Waals surface area contributed by atoms with Gasteiger partial charge < -0.3 is 39.8 Å². The van der Waals surface area contributed by atoms with Crippen molar-refractivity contribution in [2.24, 2.45) is 0 Å². The molecule has 18 nitrogen and oxygen atoms in total. The minimum Gasteiger partial charge on any atom is -0.462 e. The number of hydrogen-bond donors (Lipinski definition) is 2. The number of aromatic nitrogens is 8. The number of hydrogen-bond acceptors (Lipinski definition) is 18. The number of benzene rings is 2. The molecule has 0 radical (unpaired) electrons. The molecule has 388 valence electrons. The van der Waals surface area contributed by atoms with Crippen LogP contribution in [-0.2, 0) is 18.9 Å². The summed E-state index contributed by atoms with van der Waals surface area (Å²) in [6, 6.07) is 14.6. The van der Waals surface area contributed by atoms with Crippen LogP contribution in [0.4, 0.5) is 46.8 Å². The third kappa shape index (κ3) is 12.3. The average molecular weight is 1050 g/mol. The maximum absolute atomic E-state index is 15.2. The zero-order chi connectivity index (χ0) is 53.2. The summed E-state index contributed by atoms with van der Waals surface area (Å²) in [4.78, 5) is 62.8. The van der Waals surface area contributed by atoms with Crippen LogP contribution in [0, 0.1) is 37.1 Å². The highest BCUT2D eigenvalue weighted by Gasteiger charge is 2.25. The second-order valence-corrected chi connectivity index (χ2v) is 16.9. The van der Waals surface area contributed by atoms with E-state index in [-0.39, 0.29) is 61.9 Å². The van der Waals surface area contributed by atoms with Crippen molar-refractivity contribution in [3.8, 4) is 22.8 Å². The molecule has 0 spiro atoms. The van der Waals surface area contributed by atoms with Crippen LogP contribution in [0.1, 0.15) is 45.7 Å². The zero-order valence-electron chi connectivity index (χ0n) is 41.0. The Balaban J connectivity index is 0.000000165. The smallest absolute Gasteiger partial charge is 0.343 e. The molecule has 0 bridgehead atoms. The molecule has 3 N–H and O–H groups in total. The Kier molecular flexibility index (Phi) is 17.1. The number of anilines is 5. The fraction of sp³-hybridized carbons (Fsp3) is 0.269. The van der Waals surface area contributed by atoms with E-state index < -0.39 is 35.2 Å². The van der Waals surface area contributed by atoms with E-state index >= 15 is 4.39 Å².